The Labute approximate surface area is 121 Å². The van der Waals surface area contributed by atoms with Crippen LogP contribution in [-0.2, 0) is 4.74 Å². The number of likely N-dealkylation sites (N-methyl/N-ethyl adjacent to an activating group) is 1. The topological polar surface area (TPSA) is 39.7 Å². The summed E-state index contributed by atoms with van der Waals surface area (Å²) in [5.74, 6) is 1.67. The van der Waals surface area contributed by atoms with Crippen LogP contribution in [-0.4, -0.2) is 33.0 Å². The van der Waals surface area contributed by atoms with Crippen molar-refractivity contribution in [3.8, 4) is 11.5 Å². The molecule has 0 bridgehead atoms. The minimum atomic E-state index is 0.168. The van der Waals surface area contributed by atoms with E-state index in [0.29, 0.717) is 13.2 Å². The predicted octanol–water partition coefficient (Wildman–Crippen LogP) is 2.92. The monoisotopic (exact) mass is 279 g/mol. The zero-order valence-electron chi connectivity index (χ0n) is 12.6. The summed E-state index contributed by atoms with van der Waals surface area (Å²) >= 11 is 0. The maximum Gasteiger partial charge on any atom is 0.161 e. The van der Waals surface area contributed by atoms with Crippen LogP contribution in [0.1, 0.15) is 38.3 Å². The molecule has 2 rings (SSSR count). The third kappa shape index (κ3) is 3.87. The van der Waals surface area contributed by atoms with Gasteiger partial charge in [0.15, 0.2) is 11.5 Å². The summed E-state index contributed by atoms with van der Waals surface area (Å²) in [6.07, 6.45) is 2.24. The highest BCUT2D eigenvalue weighted by molar-refractivity contribution is 5.44. The van der Waals surface area contributed by atoms with Crippen LogP contribution in [0.5, 0.6) is 11.5 Å². The van der Waals surface area contributed by atoms with E-state index in [2.05, 4.69) is 31.3 Å². The summed E-state index contributed by atoms with van der Waals surface area (Å²) in [4.78, 5) is 0. The Kier molecular flexibility index (Phi) is 5.68. The highest BCUT2D eigenvalue weighted by Gasteiger charge is 2.16. The minimum absolute atomic E-state index is 0.168. The van der Waals surface area contributed by atoms with E-state index in [1.807, 2.05) is 13.1 Å². The van der Waals surface area contributed by atoms with E-state index in [9.17, 15) is 0 Å². The predicted molar refractivity (Wildman–Crippen MR) is 79.6 cm³/mol. The largest absolute Gasteiger partial charge is 0.490 e. The molecule has 1 aliphatic heterocycles. The van der Waals surface area contributed by atoms with Crippen LogP contribution in [0.4, 0.5) is 0 Å². The first-order valence-corrected chi connectivity index (χ1v) is 7.43. The lowest BCUT2D eigenvalue weighted by atomic mass is 10.1. The Balaban J connectivity index is 2.07. The lowest BCUT2D eigenvalue weighted by Gasteiger charge is -2.20. The number of benzene rings is 1. The van der Waals surface area contributed by atoms with Crippen molar-refractivity contribution in [2.75, 3.05) is 26.9 Å². The van der Waals surface area contributed by atoms with Gasteiger partial charge in [-0.1, -0.05) is 13.0 Å². The van der Waals surface area contributed by atoms with Crippen LogP contribution >= 0.6 is 0 Å². The van der Waals surface area contributed by atoms with E-state index in [-0.39, 0.29) is 12.1 Å². The average molecular weight is 279 g/mol. The van der Waals surface area contributed by atoms with Crippen molar-refractivity contribution in [2.45, 2.75) is 38.8 Å². The second kappa shape index (κ2) is 7.50. The fourth-order valence-electron chi connectivity index (χ4n) is 2.12. The SMILES string of the molecule is CCC(C)OCC(NC)c1ccc2c(c1)OCCCO2. The van der Waals surface area contributed by atoms with Crippen LogP contribution in [0, 0.1) is 0 Å². The Bertz CT molecular complexity index is 422. The van der Waals surface area contributed by atoms with Gasteiger partial charge in [-0.15, -0.1) is 0 Å². The number of hydrogen-bond acceptors (Lipinski definition) is 4. The van der Waals surface area contributed by atoms with Gasteiger partial charge in [-0.2, -0.15) is 0 Å². The van der Waals surface area contributed by atoms with E-state index in [1.54, 1.807) is 0 Å². The van der Waals surface area contributed by atoms with Crippen molar-refractivity contribution < 1.29 is 14.2 Å². The summed E-state index contributed by atoms with van der Waals surface area (Å²) < 4.78 is 17.2. The van der Waals surface area contributed by atoms with E-state index in [0.717, 1.165) is 30.9 Å². The first-order valence-electron chi connectivity index (χ1n) is 7.43. The third-order valence-electron chi connectivity index (χ3n) is 3.64. The van der Waals surface area contributed by atoms with Gasteiger partial charge in [0.25, 0.3) is 0 Å². The van der Waals surface area contributed by atoms with Crippen molar-refractivity contribution in [1.82, 2.24) is 5.32 Å². The summed E-state index contributed by atoms with van der Waals surface area (Å²) in [5, 5.41) is 3.30. The van der Waals surface area contributed by atoms with E-state index in [4.69, 9.17) is 14.2 Å². The Morgan fingerprint density at radius 3 is 2.70 bits per heavy atom. The van der Waals surface area contributed by atoms with Crippen molar-refractivity contribution in [1.29, 1.82) is 0 Å². The van der Waals surface area contributed by atoms with Gasteiger partial charge >= 0.3 is 0 Å². The first kappa shape index (κ1) is 15.1. The maximum atomic E-state index is 5.83. The van der Waals surface area contributed by atoms with Crippen molar-refractivity contribution in [2.24, 2.45) is 0 Å². The number of rotatable bonds is 6. The van der Waals surface area contributed by atoms with Gasteiger partial charge in [0.1, 0.15) is 0 Å². The fraction of sp³-hybridized carbons (Fsp3) is 0.625. The minimum Gasteiger partial charge on any atom is -0.490 e. The zero-order valence-corrected chi connectivity index (χ0v) is 12.6. The van der Waals surface area contributed by atoms with Crippen LogP contribution in [0.2, 0.25) is 0 Å². The van der Waals surface area contributed by atoms with Gasteiger partial charge < -0.3 is 19.5 Å². The number of nitrogens with one attached hydrogen (secondary N) is 1. The van der Waals surface area contributed by atoms with Crippen LogP contribution in [0.25, 0.3) is 0 Å². The molecule has 20 heavy (non-hydrogen) atoms. The molecule has 2 unspecified atom stereocenters. The van der Waals surface area contributed by atoms with E-state index < -0.39 is 0 Å². The maximum absolute atomic E-state index is 5.83. The summed E-state index contributed by atoms with van der Waals surface area (Å²) in [5.41, 5.74) is 1.17. The Morgan fingerprint density at radius 1 is 1.25 bits per heavy atom. The van der Waals surface area contributed by atoms with Gasteiger partial charge in [0.05, 0.1) is 32.0 Å². The van der Waals surface area contributed by atoms with Crippen LogP contribution in [0.3, 0.4) is 0 Å². The average Bonchev–Trinajstić information content (AvgIpc) is 2.72. The van der Waals surface area contributed by atoms with Gasteiger partial charge in [-0.05, 0) is 38.1 Å². The second-order valence-electron chi connectivity index (χ2n) is 5.15. The second-order valence-corrected chi connectivity index (χ2v) is 5.15. The highest BCUT2D eigenvalue weighted by atomic mass is 16.5. The smallest absolute Gasteiger partial charge is 0.161 e. The van der Waals surface area contributed by atoms with Crippen molar-refractivity contribution in [3.05, 3.63) is 23.8 Å². The molecule has 1 heterocycles. The molecule has 1 N–H and O–H groups in total. The van der Waals surface area contributed by atoms with Crippen molar-refractivity contribution >= 4 is 0 Å². The fourth-order valence-corrected chi connectivity index (χ4v) is 2.12. The number of hydrogen-bond donors (Lipinski definition) is 1. The van der Waals surface area contributed by atoms with Crippen LogP contribution < -0.4 is 14.8 Å². The molecule has 2 atom stereocenters. The van der Waals surface area contributed by atoms with Gasteiger partial charge in [0, 0.05) is 6.42 Å². The summed E-state index contributed by atoms with van der Waals surface area (Å²) in [6, 6.07) is 6.29. The molecular weight excluding hydrogens is 254 g/mol. The molecule has 0 aromatic heterocycles. The molecule has 0 aliphatic carbocycles. The third-order valence-corrected chi connectivity index (χ3v) is 3.64. The molecule has 0 spiro atoms. The van der Waals surface area contributed by atoms with Gasteiger partial charge in [0.2, 0.25) is 0 Å². The normalized spacial score (nSPS) is 17.4. The van der Waals surface area contributed by atoms with Crippen molar-refractivity contribution in [3.63, 3.8) is 0 Å². The molecule has 1 aliphatic rings. The lowest BCUT2D eigenvalue weighted by molar-refractivity contribution is 0.0487. The molecule has 1 aromatic carbocycles. The molecule has 0 amide bonds. The van der Waals surface area contributed by atoms with Gasteiger partial charge in [-0.25, -0.2) is 0 Å². The summed E-state index contributed by atoms with van der Waals surface area (Å²) in [6.45, 7) is 6.32. The highest BCUT2D eigenvalue weighted by Crippen LogP contribution is 2.32. The Morgan fingerprint density at radius 2 is 2.00 bits per heavy atom. The molecule has 4 nitrogen and oxygen atoms in total. The number of ether oxygens (including phenoxy) is 3. The standard InChI is InChI=1S/C16H25NO3/c1-4-12(2)20-11-14(17-3)13-6-7-15-16(10-13)19-9-5-8-18-15/h6-7,10,12,14,17H,4-5,8-9,11H2,1-3H3. The van der Waals surface area contributed by atoms with E-state index in [1.165, 1.54) is 5.56 Å². The molecule has 1 aromatic rings. The van der Waals surface area contributed by atoms with Gasteiger partial charge in [-0.3, -0.25) is 0 Å². The molecule has 4 heteroatoms. The summed E-state index contributed by atoms with van der Waals surface area (Å²) in [7, 11) is 1.95. The lowest BCUT2D eigenvalue weighted by Crippen LogP contribution is -2.24. The van der Waals surface area contributed by atoms with E-state index >= 15 is 0 Å². The van der Waals surface area contributed by atoms with Crippen LogP contribution in [0.15, 0.2) is 18.2 Å². The zero-order chi connectivity index (χ0) is 14.4. The molecular formula is C16H25NO3. The number of fused-ring (bicyclic) bond motifs is 1. The molecule has 112 valence electrons. The molecule has 0 saturated carbocycles. The molecule has 0 radical (unpaired) electrons. The quantitative estimate of drug-likeness (QED) is 0.869. The first-order chi connectivity index (χ1) is 9.74. The Hall–Kier alpha value is -1.26. The molecule has 0 fully saturated rings. The molecule has 0 saturated heterocycles.